The number of likely N-dealkylation sites (N-methyl/N-ethyl adjacent to an activating group) is 1. The highest BCUT2D eigenvalue weighted by molar-refractivity contribution is 7.89. The maximum absolute atomic E-state index is 14.2. The third-order valence-corrected chi connectivity index (χ3v) is 7.40. The highest BCUT2D eigenvalue weighted by Gasteiger charge is 2.35. The lowest BCUT2D eigenvalue weighted by atomic mass is 10.1. The van der Waals surface area contributed by atoms with E-state index in [0.717, 1.165) is 28.3 Å². The molecule has 0 heterocycles. The number of carbonyl (C=O) groups excluding carboxylic acids is 1. The molecule has 5 nitrogen and oxygen atoms in total. The molecule has 0 saturated heterocycles. The highest BCUT2D eigenvalue weighted by atomic mass is 35.5. The fraction of sp³-hybridized carbons (Fsp3) is 0.381. The predicted octanol–water partition coefficient (Wildman–Crippen LogP) is 3.91. The quantitative estimate of drug-likeness (QED) is 0.658. The molecular formula is C21H24ClFN2O3S. The Labute approximate surface area is 176 Å². The lowest BCUT2D eigenvalue weighted by Crippen LogP contribution is -2.42. The van der Waals surface area contributed by atoms with Gasteiger partial charge in [-0.15, -0.1) is 0 Å². The van der Waals surface area contributed by atoms with E-state index < -0.39 is 15.8 Å². The van der Waals surface area contributed by atoms with Crippen LogP contribution in [0.15, 0.2) is 41.3 Å². The molecule has 0 N–H and O–H groups in total. The zero-order valence-electron chi connectivity index (χ0n) is 16.7. The Hall–Kier alpha value is -1.96. The molecule has 156 valence electrons. The number of sulfonamides is 1. The van der Waals surface area contributed by atoms with Gasteiger partial charge in [-0.25, -0.2) is 12.8 Å². The SMILES string of the molecule is Cc1ccc(S(=O)(=O)N(C)CC(=O)N(Cc2c(F)cccc2Cl)C2CC2)cc1C. The van der Waals surface area contributed by atoms with Crippen LogP contribution in [0, 0.1) is 19.7 Å². The molecule has 0 unspecified atom stereocenters. The number of hydrogen-bond donors (Lipinski definition) is 0. The van der Waals surface area contributed by atoms with Gasteiger partial charge in [-0.2, -0.15) is 4.31 Å². The summed E-state index contributed by atoms with van der Waals surface area (Å²) < 4.78 is 41.0. The summed E-state index contributed by atoms with van der Waals surface area (Å²) in [6.45, 7) is 3.44. The first-order valence-corrected chi connectivity index (χ1v) is 11.2. The maximum Gasteiger partial charge on any atom is 0.243 e. The Morgan fingerprint density at radius 1 is 1.17 bits per heavy atom. The first-order chi connectivity index (χ1) is 13.6. The lowest BCUT2D eigenvalue weighted by molar-refractivity contribution is -0.132. The summed E-state index contributed by atoms with van der Waals surface area (Å²) in [7, 11) is -2.44. The van der Waals surface area contributed by atoms with Gasteiger partial charge in [0.15, 0.2) is 0 Å². The van der Waals surface area contributed by atoms with Gasteiger partial charge in [-0.05, 0) is 62.1 Å². The molecule has 1 aliphatic rings. The van der Waals surface area contributed by atoms with E-state index in [2.05, 4.69) is 0 Å². The fourth-order valence-electron chi connectivity index (χ4n) is 3.08. The van der Waals surface area contributed by atoms with Gasteiger partial charge in [0.2, 0.25) is 15.9 Å². The molecule has 0 spiro atoms. The second-order valence-corrected chi connectivity index (χ2v) is 9.91. The molecular weight excluding hydrogens is 415 g/mol. The lowest BCUT2D eigenvalue weighted by Gasteiger charge is -2.26. The Kier molecular flexibility index (Phi) is 6.31. The zero-order chi connectivity index (χ0) is 21.3. The van der Waals surface area contributed by atoms with Crippen molar-refractivity contribution in [2.75, 3.05) is 13.6 Å². The van der Waals surface area contributed by atoms with Crippen LogP contribution in [-0.2, 0) is 21.4 Å². The van der Waals surface area contributed by atoms with E-state index in [4.69, 9.17) is 11.6 Å². The summed E-state index contributed by atoms with van der Waals surface area (Å²) in [6.07, 6.45) is 1.62. The van der Waals surface area contributed by atoms with Crippen molar-refractivity contribution in [1.82, 2.24) is 9.21 Å². The normalized spacial score (nSPS) is 14.3. The molecule has 3 rings (SSSR count). The van der Waals surface area contributed by atoms with E-state index in [1.165, 1.54) is 30.1 Å². The minimum Gasteiger partial charge on any atom is -0.334 e. The van der Waals surface area contributed by atoms with Crippen molar-refractivity contribution in [2.45, 2.75) is 44.2 Å². The van der Waals surface area contributed by atoms with Gasteiger partial charge in [0.05, 0.1) is 18.0 Å². The van der Waals surface area contributed by atoms with Crippen LogP contribution in [0.3, 0.4) is 0 Å². The van der Waals surface area contributed by atoms with E-state index in [1.807, 2.05) is 13.8 Å². The van der Waals surface area contributed by atoms with Crippen LogP contribution in [0.25, 0.3) is 0 Å². The Bertz CT molecular complexity index is 1020. The molecule has 1 saturated carbocycles. The van der Waals surface area contributed by atoms with Crippen molar-refractivity contribution in [3.8, 4) is 0 Å². The van der Waals surface area contributed by atoms with E-state index in [9.17, 15) is 17.6 Å². The third kappa shape index (κ3) is 4.79. The zero-order valence-corrected chi connectivity index (χ0v) is 18.2. The van der Waals surface area contributed by atoms with E-state index in [0.29, 0.717) is 0 Å². The van der Waals surface area contributed by atoms with E-state index >= 15 is 0 Å². The van der Waals surface area contributed by atoms with Crippen molar-refractivity contribution >= 4 is 27.5 Å². The minimum atomic E-state index is -3.82. The number of nitrogens with zero attached hydrogens (tertiary/aromatic N) is 2. The summed E-state index contributed by atoms with van der Waals surface area (Å²) in [6, 6.07) is 9.25. The standard InChI is InChI=1S/C21H24ClFN2O3S/c1-14-7-10-17(11-15(14)2)29(27,28)24(3)13-21(26)25(16-8-9-16)12-18-19(22)5-4-6-20(18)23/h4-7,10-11,16H,8-9,12-13H2,1-3H3. The topological polar surface area (TPSA) is 57.7 Å². The summed E-state index contributed by atoms with van der Waals surface area (Å²) in [5, 5.41) is 0.250. The van der Waals surface area contributed by atoms with Crippen LogP contribution in [-0.4, -0.2) is 43.2 Å². The van der Waals surface area contributed by atoms with Gasteiger partial charge in [0.1, 0.15) is 5.82 Å². The van der Waals surface area contributed by atoms with Crippen molar-refractivity contribution in [3.63, 3.8) is 0 Å². The van der Waals surface area contributed by atoms with Crippen molar-refractivity contribution in [3.05, 3.63) is 63.9 Å². The van der Waals surface area contributed by atoms with Crippen molar-refractivity contribution in [1.29, 1.82) is 0 Å². The fourth-order valence-corrected chi connectivity index (χ4v) is 4.51. The molecule has 2 aromatic rings. The molecule has 0 aliphatic heterocycles. The second-order valence-electron chi connectivity index (χ2n) is 7.46. The molecule has 1 fully saturated rings. The van der Waals surface area contributed by atoms with Gasteiger partial charge in [-0.3, -0.25) is 4.79 Å². The molecule has 0 aromatic heterocycles. The average molecular weight is 439 g/mol. The van der Waals surface area contributed by atoms with Gasteiger partial charge >= 0.3 is 0 Å². The number of carbonyl (C=O) groups is 1. The summed E-state index contributed by atoms with van der Waals surface area (Å²) in [4.78, 5) is 14.6. The van der Waals surface area contributed by atoms with Crippen molar-refractivity contribution in [2.24, 2.45) is 0 Å². The Morgan fingerprint density at radius 2 is 1.86 bits per heavy atom. The number of hydrogen-bond acceptors (Lipinski definition) is 3. The van der Waals surface area contributed by atoms with Crippen molar-refractivity contribution < 1.29 is 17.6 Å². The van der Waals surface area contributed by atoms with Crippen LogP contribution < -0.4 is 0 Å². The molecule has 1 aliphatic carbocycles. The molecule has 0 radical (unpaired) electrons. The van der Waals surface area contributed by atoms with Crippen LogP contribution in [0.2, 0.25) is 5.02 Å². The first-order valence-electron chi connectivity index (χ1n) is 9.37. The van der Waals surface area contributed by atoms with Crippen LogP contribution >= 0.6 is 11.6 Å². The predicted molar refractivity (Wildman–Crippen MR) is 111 cm³/mol. The molecule has 1 amide bonds. The van der Waals surface area contributed by atoms with Gasteiger partial charge in [0, 0.05) is 23.7 Å². The second kappa shape index (κ2) is 8.42. The minimum absolute atomic E-state index is 0.0177. The number of rotatable bonds is 7. The third-order valence-electron chi connectivity index (χ3n) is 5.24. The van der Waals surface area contributed by atoms with Gasteiger partial charge < -0.3 is 4.90 Å². The summed E-state index contributed by atoms with van der Waals surface area (Å²) >= 11 is 6.11. The molecule has 8 heteroatoms. The number of benzene rings is 2. The average Bonchev–Trinajstić information content (AvgIpc) is 3.48. The monoisotopic (exact) mass is 438 g/mol. The number of halogens is 2. The Balaban J connectivity index is 1.78. The van der Waals surface area contributed by atoms with Gasteiger partial charge in [-0.1, -0.05) is 23.7 Å². The number of amides is 1. The molecule has 0 atom stereocenters. The van der Waals surface area contributed by atoms with Crippen LogP contribution in [0.1, 0.15) is 29.5 Å². The summed E-state index contributed by atoms with van der Waals surface area (Å²) in [5.41, 5.74) is 2.10. The maximum atomic E-state index is 14.2. The molecule has 2 aromatic carbocycles. The molecule has 0 bridgehead atoms. The summed E-state index contributed by atoms with van der Waals surface area (Å²) in [5.74, 6) is -0.853. The Morgan fingerprint density at radius 3 is 2.45 bits per heavy atom. The van der Waals surface area contributed by atoms with Crippen LogP contribution in [0.4, 0.5) is 4.39 Å². The number of aryl methyl sites for hydroxylation is 2. The first kappa shape index (κ1) is 21.7. The van der Waals surface area contributed by atoms with Gasteiger partial charge in [0.25, 0.3) is 0 Å². The molecule has 29 heavy (non-hydrogen) atoms. The smallest absolute Gasteiger partial charge is 0.243 e. The van der Waals surface area contributed by atoms with E-state index in [1.54, 1.807) is 18.2 Å². The highest BCUT2D eigenvalue weighted by Crippen LogP contribution is 2.31. The van der Waals surface area contributed by atoms with Crippen LogP contribution in [0.5, 0.6) is 0 Å². The van der Waals surface area contributed by atoms with E-state index in [-0.39, 0.29) is 40.5 Å². The largest absolute Gasteiger partial charge is 0.334 e.